The molecule has 0 heterocycles. The summed E-state index contributed by atoms with van der Waals surface area (Å²) in [6, 6.07) is 9.61. The van der Waals surface area contributed by atoms with Crippen molar-refractivity contribution in [2.45, 2.75) is 50.9 Å². The van der Waals surface area contributed by atoms with Crippen LogP contribution in [-0.4, -0.2) is 59.2 Å². The largest absolute Gasteiger partial charge is 0.377 e. The second kappa shape index (κ2) is 15.7. The number of amides is 2. The summed E-state index contributed by atoms with van der Waals surface area (Å²) < 4.78 is 5.61. The van der Waals surface area contributed by atoms with Gasteiger partial charge in [-0.2, -0.15) is 0 Å². The quantitative estimate of drug-likeness (QED) is 0.0982. The van der Waals surface area contributed by atoms with Gasteiger partial charge in [-0.25, -0.2) is 0 Å². The molecule has 39 heavy (non-hydrogen) atoms. The van der Waals surface area contributed by atoms with Crippen LogP contribution in [0.3, 0.4) is 0 Å². The lowest BCUT2D eigenvalue weighted by Crippen LogP contribution is -2.55. The lowest BCUT2D eigenvalue weighted by molar-refractivity contribution is -0.393. The molecule has 14 nitrogen and oxygen atoms in total. The van der Waals surface area contributed by atoms with Gasteiger partial charge in [-0.05, 0) is 37.8 Å². The molecule has 5 N–H and O–H groups in total. The van der Waals surface area contributed by atoms with Crippen molar-refractivity contribution in [3.05, 3.63) is 74.3 Å². The summed E-state index contributed by atoms with van der Waals surface area (Å²) in [6.45, 7) is 2.07. The van der Waals surface area contributed by atoms with E-state index in [1.54, 1.807) is 0 Å². The van der Waals surface area contributed by atoms with Crippen LogP contribution >= 0.6 is 0 Å². The van der Waals surface area contributed by atoms with Gasteiger partial charge in [-0.15, -0.1) is 0 Å². The third kappa shape index (κ3) is 10.5. The molecule has 0 radical (unpaired) electrons. The van der Waals surface area contributed by atoms with Gasteiger partial charge >= 0.3 is 0 Å². The number of rotatable bonds is 17. The molecule has 0 aromatic heterocycles. The van der Waals surface area contributed by atoms with Crippen LogP contribution < -0.4 is 21.7 Å². The van der Waals surface area contributed by atoms with E-state index in [2.05, 4.69) is 16.0 Å². The molecule has 0 unspecified atom stereocenters. The number of nitrogens with two attached hydrogens (primary N) is 1. The smallest absolute Gasteiger partial charge is 0.299 e. The number of nitro groups is 2. The van der Waals surface area contributed by atoms with E-state index in [0.717, 1.165) is 23.8 Å². The first-order chi connectivity index (χ1) is 18.6. The molecular formula is C25H32N6O8. The Labute approximate surface area is 224 Å². The van der Waals surface area contributed by atoms with Crippen molar-refractivity contribution in [3.63, 3.8) is 0 Å². The fourth-order valence-corrected chi connectivity index (χ4v) is 3.46. The summed E-state index contributed by atoms with van der Waals surface area (Å²) in [6.07, 6.45) is 2.08. The number of hydrogen-bond donors (Lipinski definition) is 4. The van der Waals surface area contributed by atoms with E-state index < -0.39 is 51.2 Å². The molecule has 0 bridgehead atoms. The van der Waals surface area contributed by atoms with Gasteiger partial charge in [0.1, 0.15) is 18.0 Å². The highest BCUT2D eigenvalue weighted by molar-refractivity contribution is 5.91. The second-order valence-electron chi connectivity index (χ2n) is 8.73. The van der Waals surface area contributed by atoms with Gasteiger partial charge in [0.15, 0.2) is 0 Å². The minimum atomic E-state index is -1.25. The van der Waals surface area contributed by atoms with Crippen molar-refractivity contribution >= 4 is 35.2 Å². The number of unbranched alkanes of at least 4 members (excludes halogenated alkanes) is 1. The standard InChI is InChI=1S/C25H32N6O8/c1-17(15-32)28-25(34)22(14-27-21-11-10-19(30(35)36)13-23(21)31(37)38)29-24(33)20(26)9-5-6-12-39-16-18-7-3-2-4-8-18/h2-4,7-8,10-11,13,15,17,20,22,27H,5-6,9,12,14,16,26H2,1H3,(H,28,34)(H,29,33)/t17-,20-,22-/m0/s1. The summed E-state index contributed by atoms with van der Waals surface area (Å²) in [4.78, 5) is 57.1. The molecule has 0 spiro atoms. The summed E-state index contributed by atoms with van der Waals surface area (Å²) in [5.41, 5.74) is 5.89. The van der Waals surface area contributed by atoms with Crippen LogP contribution in [0.4, 0.5) is 17.1 Å². The maximum absolute atomic E-state index is 12.7. The van der Waals surface area contributed by atoms with Crippen LogP contribution in [0.15, 0.2) is 48.5 Å². The van der Waals surface area contributed by atoms with E-state index in [4.69, 9.17) is 10.5 Å². The number of non-ortho nitro benzene ring substituents is 1. The van der Waals surface area contributed by atoms with Gasteiger partial charge in [-0.3, -0.25) is 29.8 Å². The molecule has 2 aromatic rings. The first-order valence-corrected chi connectivity index (χ1v) is 12.2. The minimum Gasteiger partial charge on any atom is -0.377 e. The van der Waals surface area contributed by atoms with Gasteiger partial charge in [0.05, 0.1) is 34.6 Å². The van der Waals surface area contributed by atoms with Gasteiger partial charge in [0, 0.05) is 19.2 Å². The Balaban J connectivity index is 1.94. The first-order valence-electron chi connectivity index (χ1n) is 12.2. The molecule has 0 aliphatic heterocycles. The van der Waals surface area contributed by atoms with Gasteiger partial charge in [-0.1, -0.05) is 30.3 Å². The fraction of sp³-hybridized carbons (Fsp3) is 0.400. The summed E-state index contributed by atoms with van der Waals surface area (Å²) in [7, 11) is 0. The lowest BCUT2D eigenvalue weighted by Gasteiger charge is -2.22. The van der Waals surface area contributed by atoms with E-state index in [1.807, 2.05) is 30.3 Å². The molecule has 2 rings (SSSR count). The molecule has 14 heteroatoms. The molecule has 2 aromatic carbocycles. The number of ether oxygens (including phenoxy) is 1. The number of benzene rings is 2. The van der Waals surface area contributed by atoms with Crippen molar-refractivity contribution < 1.29 is 29.0 Å². The van der Waals surface area contributed by atoms with Gasteiger partial charge < -0.3 is 31.2 Å². The topological polar surface area (TPSA) is 209 Å². The number of carbonyl (C=O) groups excluding carboxylic acids is 3. The SMILES string of the molecule is C[C@@H](C=O)NC(=O)[C@H](CNc1ccc([N+](=O)[O-])cc1[N+](=O)[O-])NC(=O)[C@@H](N)CCCCOCc1ccccc1. The molecule has 2 amide bonds. The van der Waals surface area contributed by atoms with Crippen LogP contribution in [0, 0.1) is 20.2 Å². The second-order valence-corrected chi connectivity index (χ2v) is 8.73. The predicted octanol–water partition coefficient (Wildman–Crippen LogP) is 1.82. The van der Waals surface area contributed by atoms with Gasteiger partial charge in [0.25, 0.3) is 11.4 Å². The third-order valence-electron chi connectivity index (χ3n) is 5.59. The Kier molecular flexibility index (Phi) is 12.4. The number of nitrogens with zero attached hydrogens (tertiary/aromatic N) is 2. The molecule has 0 fully saturated rings. The number of hydrogen-bond acceptors (Lipinski definition) is 10. The molecule has 0 aliphatic rings. The molecule has 3 atom stereocenters. The highest BCUT2D eigenvalue weighted by Gasteiger charge is 2.26. The van der Waals surface area contributed by atoms with Crippen molar-refractivity contribution in [1.29, 1.82) is 0 Å². The molecule has 0 aliphatic carbocycles. The number of carbonyl (C=O) groups is 3. The van der Waals surface area contributed by atoms with E-state index in [9.17, 15) is 34.6 Å². The van der Waals surface area contributed by atoms with Crippen molar-refractivity contribution in [2.75, 3.05) is 18.5 Å². The maximum atomic E-state index is 12.7. The van der Waals surface area contributed by atoms with E-state index >= 15 is 0 Å². The summed E-state index contributed by atoms with van der Waals surface area (Å²) in [5, 5.41) is 29.9. The van der Waals surface area contributed by atoms with E-state index in [-0.39, 0.29) is 12.2 Å². The van der Waals surface area contributed by atoms with Crippen LogP contribution in [0.1, 0.15) is 31.7 Å². The fourth-order valence-electron chi connectivity index (χ4n) is 3.46. The number of nitro benzene ring substituents is 2. The van der Waals surface area contributed by atoms with Crippen LogP contribution in [0.5, 0.6) is 0 Å². The van der Waals surface area contributed by atoms with Crippen LogP contribution in [-0.2, 0) is 25.7 Å². The number of aldehydes is 1. The highest BCUT2D eigenvalue weighted by atomic mass is 16.6. The first kappa shape index (κ1) is 30.8. The van der Waals surface area contributed by atoms with Crippen molar-refractivity contribution in [2.24, 2.45) is 5.73 Å². The Morgan fingerprint density at radius 2 is 1.74 bits per heavy atom. The Morgan fingerprint density at radius 3 is 2.38 bits per heavy atom. The van der Waals surface area contributed by atoms with Crippen LogP contribution in [0.25, 0.3) is 0 Å². The monoisotopic (exact) mass is 544 g/mol. The maximum Gasteiger partial charge on any atom is 0.299 e. The zero-order valence-corrected chi connectivity index (χ0v) is 21.4. The average molecular weight is 545 g/mol. The number of anilines is 1. The molecular weight excluding hydrogens is 512 g/mol. The van der Waals surface area contributed by atoms with Crippen molar-refractivity contribution in [1.82, 2.24) is 10.6 Å². The summed E-state index contributed by atoms with van der Waals surface area (Å²) >= 11 is 0. The number of nitrogens with one attached hydrogen (secondary N) is 3. The molecule has 0 saturated carbocycles. The zero-order chi connectivity index (χ0) is 28.8. The Bertz CT molecular complexity index is 1150. The minimum absolute atomic E-state index is 0.0964. The Hall–Kier alpha value is -4.43. The van der Waals surface area contributed by atoms with Gasteiger partial charge in [0.2, 0.25) is 11.8 Å². The normalized spacial score (nSPS) is 13.0. The van der Waals surface area contributed by atoms with E-state index in [1.165, 1.54) is 6.92 Å². The van der Waals surface area contributed by atoms with Crippen molar-refractivity contribution in [3.8, 4) is 0 Å². The van der Waals surface area contributed by atoms with E-state index in [0.29, 0.717) is 38.8 Å². The molecule has 210 valence electrons. The highest BCUT2D eigenvalue weighted by Crippen LogP contribution is 2.28. The Morgan fingerprint density at radius 1 is 1.03 bits per heavy atom. The molecule has 0 saturated heterocycles. The summed E-state index contributed by atoms with van der Waals surface area (Å²) in [5.74, 6) is -1.35. The third-order valence-corrected chi connectivity index (χ3v) is 5.59. The lowest BCUT2D eigenvalue weighted by atomic mass is 10.1. The predicted molar refractivity (Wildman–Crippen MR) is 142 cm³/mol. The zero-order valence-electron chi connectivity index (χ0n) is 21.4. The average Bonchev–Trinajstić information content (AvgIpc) is 2.92. The van der Waals surface area contributed by atoms with Crippen LogP contribution in [0.2, 0.25) is 0 Å².